The molecular weight excluding hydrogens is 284 g/mol. The minimum atomic E-state index is -0.123. The highest BCUT2D eigenvalue weighted by Crippen LogP contribution is 2.31. The molecule has 3 aromatic rings. The minimum Gasteiger partial charge on any atom is -0.483 e. The summed E-state index contributed by atoms with van der Waals surface area (Å²) in [6, 6.07) is 12.6. The van der Waals surface area contributed by atoms with Gasteiger partial charge in [-0.2, -0.15) is 0 Å². The van der Waals surface area contributed by atoms with Gasteiger partial charge in [-0.3, -0.25) is 0 Å². The van der Waals surface area contributed by atoms with Crippen molar-refractivity contribution in [3.63, 3.8) is 0 Å². The molecule has 3 heteroatoms. The van der Waals surface area contributed by atoms with Gasteiger partial charge in [-0.15, -0.1) is 0 Å². The van der Waals surface area contributed by atoms with Gasteiger partial charge < -0.3 is 9.72 Å². The van der Waals surface area contributed by atoms with Crippen molar-refractivity contribution in [3.05, 3.63) is 58.9 Å². The van der Waals surface area contributed by atoms with Gasteiger partial charge in [0.25, 0.3) is 0 Å². The summed E-state index contributed by atoms with van der Waals surface area (Å²) in [4.78, 5) is 8.05. The Bertz CT molecular complexity index is 833. The van der Waals surface area contributed by atoms with Crippen LogP contribution in [0.3, 0.4) is 0 Å². The van der Waals surface area contributed by atoms with Gasteiger partial charge in [-0.25, -0.2) is 4.98 Å². The Balaban J connectivity index is 1.91. The molecule has 0 saturated carbocycles. The first-order valence-electron chi connectivity index (χ1n) is 8.17. The van der Waals surface area contributed by atoms with Crippen molar-refractivity contribution in [2.24, 2.45) is 0 Å². The Kier molecular flexibility index (Phi) is 4.12. The normalized spacial score (nSPS) is 12.8. The SMILES string of the molecule is Cc1ccc(C(C)C)c(OC(C)c2nc3ccc(C)cc3[nH]2)c1. The van der Waals surface area contributed by atoms with Crippen LogP contribution in [0.2, 0.25) is 0 Å². The fraction of sp³-hybridized carbons (Fsp3) is 0.350. The number of H-pyrrole nitrogens is 1. The van der Waals surface area contributed by atoms with Crippen LogP contribution in [-0.2, 0) is 0 Å². The number of hydrogen-bond donors (Lipinski definition) is 1. The first-order valence-corrected chi connectivity index (χ1v) is 8.17. The Morgan fingerprint density at radius 2 is 1.65 bits per heavy atom. The first-order chi connectivity index (χ1) is 10.9. The molecule has 1 atom stereocenters. The van der Waals surface area contributed by atoms with Crippen LogP contribution in [0.25, 0.3) is 11.0 Å². The van der Waals surface area contributed by atoms with Crippen molar-refractivity contribution in [1.82, 2.24) is 9.97 Å². The lowest BCUT2D eigenvalue weighted by Gasteiger charge is -2.18. The van der Waals surface area contributed by atoms with E-state index in [4.69, 9.17) is 4.74 Å². The molecule has 1 N–H and O–H groups in total. The maximum absolute atomic E-state index is 6.24. The largest absolute Gasteiger partial charge is 0.483 e. The molecule has 2 aromatic carbocycles. The summed E-state index contributed by atoms with van der Waals surface area (Å²) in [5.74, 6) is 2.24. The lowest BCUT2D eigenvalue weighted by Crippen LogP contribution is -2.07. The molecule has 3 nitrogen and oxygen atoms in total. The second-order valence-corrected chi connectivity index (χ2v) is 6.60. The van der Waals surface area contributed by atoms with E-state index in [1.54, 1.807) is 0 Å². The Hall–Kier alpha value is -2.29. The molecule has 0 fully saturated rings. The summed E-state index contributed by atoms with van der Waals surface area (Å²) in [6.07, 6.45) is -0.123. The Labute approximate surface area is 137 Å². The Morgan fingerprint density at radius 1 is 0.957 bits per heavy atom. The molecule has 0 saturated heterocycles. The van der Waals surface area contributed by atoms with E-state index >= 15 is 0 Å². The quantitative estimate of drug-likeness (QED) is 0.696. The third kappa shape index (κ3) is 3.24. The van der Waals surface area contributed by atoms with Gasteiger partial charge in [0.05, 0.1) is 11.0 Å². The maximum atomic E-state index is 6.24. The summed E-state index contributed by atoms with van der Waals surface area (Å²) in [6.45, 7) is 10.6. The van der Waals surface area contributed by atoms with Crippen LogP contribution in [0.4, 0.5) is 0 Å². The van der Waals surface area contributed by atoms with E-state index in [9.17, 15) is 0 Å². The van der Waals surface area contributed by atoms with Crippen molar-refractivity contribution in [1.29, 1.82) is 0 Å². The number of rotatable bonds is 4. The number of imidazole rings is 1. The average Bonchev–Trinajstić information content (AvgIpc) is 2.90. The molecule has 0 spiro atoms. The molecule has 0 aliphatic heterocycles. The van der Waals surface area contributed by atoms with E-state index in [1.165, 1.54) is 16.7 Å². The van der Waals surface area contributed by atoms with E-state index in [0.29, 0.717) is 5.92 Å². The molecule has 23 heavy (non-hydrogen) atoms. The third-order valence-corrected chi connectivity index (χ3v) is 4.14. The lowest BCUT2D eigenvalue weighted by molar-refractivity contribution is 0.215. The van der Waals surface area contributed by atoms with Gasteiger partial charge >= 0.3 is 0 Å². The lowest BCUT2D eigenvalue weighted by atomic mass is 10.0. The second kappa shape index (κ2) is 6.07. The zero-order chi connectivity index (χ0) is 16.6. The molecule has 0 aliphatic rings. The minimum absolute atomic E-state index is 0.123. The molecule has 0 aliphatic carbocycles. The highest BCUT2D eigenvalue weighted by molar-refractivity contribution is 5.75. The van der Waals surface area contributed by atoms with Gasteiger partial charge in [0.15, 0.2) is 6.10 Å². The van der Waals surface area contributed by atoms with Crippen LogP contribution in [0.1, 0.15) is 55.3 Å². The maximum Gasteiger partial charge on any atom is 0.153 e. The van der Waals surface area contributed by atoms with Gasteiger partial charge in [-0.1, -0.05) is 32.0 Å². The molecule has 1 unspecified atom stereocenters. The number of benzene rings is 2. The van der Waals surface area contributed by atoms with Crippen LogP contribution >= 0.6 is 0 Å². The molecule has 1 heterocycles. The topological polar surface area (TPSA) is 37.9 Å². The van der Waals surface area contributed by atoms with Gasteiger partial charge in [0, 0.05) is 0 Å². The smallest absolute Gasteiger partial charge is 0.153 e. The van der Waals surface area contributed by atoms with Gasteiger partial charge in [-0.05, 0) is 61.6 Å². The van der Waals surface area contributed by atoms with Crippen LogP contribution in [0.5, 0.6) is 5.75 Å². The van der Waals surface area contributed by atoms with Crippen molar-refractivity contribution in [2.45, 2.75) is 46.6 Å². The van der Waals surface area contributed by atoms with Crippen molar-refractivity contribution >= 4 is 11.0 Å². The number of nitrogens with one attached hydrogen (secondary N) is 1. The second-order valence-electron chi connectivity index (χ2n) is 6.60. The Morgan fingerprint density at radius 3 is 2.39 bits per heavy atom. The zero-order valence-electron chi connectivity index (χ0n) is 14.5. The van der Waals surface area contributed by atoms with Crippen molar-refractivity contribution in [3.8, 4) is 5.75 Å². The summed E-state index contributed by atoms with van der Waals surface area (Å²) in [5.41, 5.74) is 5.70. The van der Waals surface area contributed by atoms with Crippen LogP contribution in [0, 0.1) is 13.8 Å². The molecular formula is C20H24N2O. The number of hydrogen-bond acceptors (Lipinski definition) is 2. The van der Waals surface area contributed by atoms with Crippen LogP contribution < -0.4 is 4.74 Å². The number of nitrogens with zero attached hydrogens (tertiary/aromatic N) is 1. The monoisotopic (exact) mass is 308 g/mol. The van der Waals surface area contributed by atoms with Crippen LogP contribution in [-0.4, -0.2) is 9.97 Å². The predicted molar refractivity (Wildman–Crippen MR) is 95.1 cm³/mol. The summed E-state index contributed by atoms with van der Waals surface area (Å²) in [7, 11) is 0. The molecule has 120 valence electrons. The standard InChI is InChI=1S/C20H24N2O/c1-12(2)16-8-6-14(4)11-19(16)23-15(5)20-21-17-9-7-13(3)10-18(17)22-20/h6-12,15H,1-5H3,(H,21,22). The highest BCUT2D eigenvalue weighted by Gasteiger charge is 2.16. The van der Waals surface area contributed by atoms with Crippen molar-refractivity contribution < 1.29 is 4.74 Å². The summed E-state index contributed by atoms with van der Waals surface area (Å²) >= 11 is 0. The van der Waals surface area contributed by atoms with E-state index in [0.717, 1.165) is 22.6 Å². The predicted octanol–water partition coefficient (Wildman–Crippen LogP) is 5.44. The van der Waals surface area contributed by atoms with Gasteiger partial charge in [0.2, 0.25) is 0 Å². The molecule has 0 radical (unpaired) electrons. The first kappa shape index (κ1) is 15.6. The number of aryl methyl sites for hydroxylation is 2. The third-order valence-electron chi connectivity index (χ3n) is 4.14. The average molecular weight is 308 g/mol. The highest BCUT2D eigenvalue weighted by atomic mass is 16.5. The molecule has 3 rings (SSSR count). The van der Waals surface area contributed by atoms with Crippen LogP contribution in [0.15, 0.2) is 36.4 Å². The van der Waals surface area contributed by atoms with E-state index in [1.807, 2.05) is 13.0 Å². The zero-order valence-corrected chi connectivity index (χ0v) is 14.5. The fourth-order valence-electron chi connectivity index (χ4n) is 2.80. The number of ether oxygens (including phenoxy) is 1. The fourth-order valence-corrected chi connectivity index (χ4v) is 2.80. The van der Waals surface area contributed by atoms with Crippen molar-refractivity contribution in [2.75, 3.05) is 0 Å². The molecule has 0 amide bonds. The summed E-state index contributed by atoms with van der Waals surface area (Å²) in [5, 5.41) is 0. The van der Waals surface area contributed by atoms with E-state index in [2.05, 4.69) is 68.0 Å². The van der Waals surface area contributed by atoms with Gasteiger partial charge in [0.1, 0.15) is 11.6 Å². The van der Waals surface area contributed by atoms with E-state index in [-0.39, 0.29) is 6.10 Å². The summed E-state index contributed by atoms with van der Waals surface area (Å²) < 4.78 is 6.24. The van der Waals surface area contributed by atoms with E-state index < -0.39 is 0 Å². The molecule has 1 aromatic heterocycles. The number of aromatic nitrogens is 2. The number of aromatic amines is 1. The molecule has 0 bridgehead atoms. The number of fused-ring (bicyclic) bond motifs is 1.